The van der Waals surface area contributed by atoms with Gasteiger partial charge in [-0.05, 0) is 53.5 Å². The largest absolute Gasteiger partial charge is 0.445 e. The number of nitrogens with one attached hydrogen (secondary N) is 3. The van der Waals surface area contributed by atoms with Crippen molar-refractivity contribution < 1.29 is 19.1 Å². The van der Waals surface area contributed by atoms with Gasteiger partial charge in [-0.25, -0.2) is 4.79 Å². The standard InChI is InChI=1S/C32H35N3O4/c1-21(19-33-32(38)39-20-22-10-3-2-4-11-22)18-28(36)29-25-15-7-8-16-27(25)34-30(29)31(37)35-26-17-9-13-23-12-5-6-14-24(23)26/h2-8,10-12,14-16,21,26,29-30,34H,9,13,17-20H2,1H3,(H,33,38)(H,35,37). The van der Waals surface area contributed by atoms with E-state index in [4.69, 9.17) is 4.74 Å². The van der Waals surface area contributed by atoms with Crippen molar-refractivity contribution in [1.82, 2.24) is 10.6 Å². The van der Waals surface area contributed by atoms with Crippen molar-refractivity contribution in [2.45, 2.75) is 57.2 Å². The SMILES string of the molecule is CC(CNC(=O)OCc1ccccc1)CC(=O)C1c2ccccc2NC1C(=O)NC1CCCc2ccccc21. The molecule has 0 bridgehead atoms. The van der Waals surface area contributed by atoms with Crippen LogP contribution in [0.2, 0.25) is 0 Å². The van der Waals surface area contributed by atoms with Gasteiger partial charge in [0.25, 0.3) is 0 Å². The van der Waals surface area contributed by atoms with Crippen molar-refractivity contribution in [3.8, 4) is 0 Å². The van der Waals surface area contributed by atoms with Gasteiger partial charge >= 0.3 is 6.09 Å². The molecule has 4 atom stereocenters. The molecule has 7 nitrogen and oxygen atoms in total. The highest BCUT2D eigenvalue weighted by molar-refractivity contribution is 6.00. The van der Waals surface area contributed by atoms with E-state index in [2.05, 4.69) is 28.1 Å². The lowest BCUT2D eigenvalue weighted by Gasteiger charge is -2.29. The molecule has 0 saturated carbocycles. The molecular weight excluding hydrogens is 490 g/mol. The smallest absolute Gasteiger partial charge is 0.407 e. The lowest BCUT2D eigenvalue weighted by Crippen LogP contribution is -2.45. The molecule has 39 heavy (non-hydrogen) atoms. The number of aryl methyl sites for hydroxylation is 1. The molecule has 7 heteroatoms. The number of amides is 2. The normalized spacial score (nSPS) is 20.1. The maximum atomic E-state index is 13.6. The summed E-state index contributed by atoms with van der Waals surface area (Å²) in [5, 5.41) is 9.30. The molecule has 0 spiro atoms. The van der Waals surface area contributed by atoms with E-state index in [1.54, 1.807) is 0 Å². The summed E-state index contributed by atoms with van der Waals surface area (Å²) in [6.45, 7) is 2.40. The van der Waals surface area contributed by atoms with Gasteiger partial charge < -0.3 is 20.7 Å². The molecule has 3 aromatic rings. The molecule has 5 rings (SSSR count). The first kappa shape index (κ1) is 26.5. The third kappa shape index (κ3) is 6.30. The molecule has 1 aliphatic carbocycles. The lowest BCUT2D eigenvalue weighted by atomic mass is 9.85. The molecule has 3 aromatic carbocycles. The molecular formula is C32H35N3O4. The number of Topliss-reactive ketones (excluding diaryl/α,β-unsaturated/α-hetero) is 1. The van der Waals surface area contributed by atoms with E-state index in [-0.39, 0.29) is 36.7 Å². The Morgan fingerprint density at radius 1 is 0.949 bits per heavy atom. The van der Waals surface area contributed by atoms with E-state index < -0.39 is 18.1 Å². The number of ketones is 1. The second-order valence-corrected chi connectivity index (χ2v) is 10.6. The highest BCUT2D eigenvalue weighted by Gasteiger charge is 2.42. The number of anilines is 1. The Kier molecular flexibility index (Phi) is 8.25. The zero-order valence-corrected chi connectivity index (χ0v) is 22.2. The molecule has 3 N–H and O–H groups in total. The molecule has 2 amide bonds. The van der Waals surface area contributed by atoms with Gasteiger partial charge in [0.15, 0.2) is 0 Å². The molecule has 0 radical (unpaired) electrons. The van der Waals surface area contributed by atoms with Gasteiger partial charge in [0.1, 0.15) is 18.4 Å². The van der Waals surface area contributed by atoms with Crippen LogP contribution < -0.4 is 16.0 Å². The number of carbonyl (C=O) groups is 3. The highest BCUT2D eigenvalue weighted by atomic mass is 16.5. The number of benzene rings is 3. The first-order chi connectivity index (χ1) is 19.0. The minimum Gasteiger partial charge on any atom is -0.445 e. The van der Waals surface area contributed by atoms with Crippen molar-refractivity contribution >= 4 is 23.5 Å². The van der Waals surface area contributed by atoms with Crippen LogP contribution in [0.1, 0.15) is 60.4 Å². The van der Waals surface area contributed by atoms with E-state index in [0.29, 0.717) is 6.54 Å². The molecule has 1 aliphatic heterocycles. The first-order valence-corrected chi connectivity index (χ1v) is 13.7. The van der Waals surface area contributed by atoms with Crippen molar-refractivity contribution in [2.75, 3.05) is 11.9 Å². The maximum Gasteiger partial charge on any atom is 0.407 e. The Morgan fingerprint density at radius 2 is 1.67 bits per heavy atom. The van der Waals surface area contributed by atoms with Gasteiger partial charge in [0, 0.05) is 18.7 Å². The molecule has 0 saturated heterocycles. The number of fused-ring (bicyclic) bond motifs is 2. The van der Waals surface area contributed by atoms with Crippen molar-refractivity contribution in [2.24, 2.45) is 5.92 Å². The summed E-state index contributed by atoms with van der Waals surface area (Å²) in [5.41, 5.74) is 5.00. The van der Waals surface area contributed by atoms with Crippen LogP contribution in [0, 0.1) is 5.92 Å². The van der Waals surface area contributed by atoms with Crippen LogP contribution >= 0.6 is 0 Å². The van der Waals surface area contributed by atoms with Crippen LogP contribution in [-0.4, -0.2) is 30.4 Å². The maximum absolute atomic E-state index is 13.6. The fraction of sp³-hybridized carbons (Fsp3) is 0.344. The van der Waals surface area contributed by atoms with E-state index in [9.17, 15) is 14.4 Å². The monoisotopic (exact) mass is 525 g/mol. The fourth-order valence-corrected chi connectivity index (χ4v) is 5.65. The third-order valence-electron chi connectivity index (χ3n) is 7.61. The fourth-order valence-electron chi connectivity index (χ4n) is 5.65. The summed E-state index contributed by atoms with van der Waals surface area (Å²) in [7, 11) is 0. The minimum atomic E-state index is -0.681. The van der Waals surface area contributed by atoms with Gasteiger partial charge in [0.2, 0.25) is 5.91 Å². The average Bonchev–Trinajstić information content (AvgIpc) is 3.36. The Bertz CT molecular complexity index is 1330. The highest BCUT2D eigenvalue weighted by Crippen LogP contribution is 2.38. The second-order valence-electron chi connectivity index (χ2n) is 10.6. The summed E-state index contributed by atoms with van der Waals surface area (Å²) in [4.78, 5) is 39.4. The van der Waals surface area contributed by atoms with E-state index in [1.807, 2.05) is 73.7 Å². The quantitative estimate of drug-likeness (QED) is 0.353. The van der Waals surface area contributed by atoms with E-state index in [0.717, 1.165) is 41.6 Å². The number of hydrogen-bond donors (Lipinski definition) is 3. The van der Waals surface area contributed by atoms with Gasteiger partial charge in [-0.2, -0.15) is 0 Å². The first-order valence-electron chi connectivity index (χ1n) is 13.7. The third-order valence-corrected chi connectivity index (χ3v) is 7.61. The van der Waals surface area contributed by atoms with Gasteiger partial charge in [-0.1, -0.05) is 79.7 Å². The Hall–Kier alpha value is -4.13. The molecule has 1 heterocycles. The van der Waals surface area contributed by atoms with Gasteiger partial charge in [0.05, 0.1) is 12.0 Å². The summed E-state index contributed by atoms with van der Waals surface area (Å²) >= 11 is 0. The summed E-state index contributed by atoms with van der Waals surface area (Å²) in [6.07, 6.45) is 2.62. The molecule has 0 aromatic heterocycles. The lowest BCUT2D eigenvalue weighted by molar-refractivity contribution is -0.128. The molecule has 202 valence electrons. The van der Waals surface area contributed by atoms with Crippen molar-refractivity contribution in [1.29, 1.82) is 0 Å². The summed E-state index contributed by atoms with van der Waals surface area (Å²) in [6, 6.07) is 24.6. The predicted octanol–water partition coefficient (Wildman–Crippen LogP) is 5.28. The van der Waals surface area contributed by atoms with Crippen LogP contribution in [0.4, 0.5) is 10.5 Å². The molecule has 4 unspecified atom stereocenters. The number of alkyl carbamates (subject to hydrolysis) is 1. The molecule has 0 fully saturated rings. The number of carbonyl (C=O) groups excluding carboxylic acids is 3. The predicted molar refractivity (Wildman–Crippen MR) is 150 cm³/mol. The van der Waals surface area contributed by atoms with Crippen LogP contribution in [-0.2, 0) is 27.4 Å². The van der Waals surface area contributed by atoms with Crippen LogP contribution in [0.25, 0.3) is 0 Å². The molecule has 2 aliphatic rings. The topological polar surface area (TPSA) is 96.5 Å². The zero-order chi connectivity index (χ0) is 27.2. The van der Waals surface area contributed by atoms with Crippen LogP contribution in [0.3, 0.4) is 0 Å². The van der Waals surface area contributed by atoms with Crippen molar-refractivity contribution in [3.05, 3.63) is 101 Å². The Morgan fingerprint density at radius 3 is 2.49 bits per heavy atom. The average molecular weight is 526 g/mol. The Balaban J connectivity index is 1.20. The number of hydrogen-bond acceptors (Lipinski definition) is 5. The minimum absolute atomic E-state index is 0.0244. The number of para-hydroxylation sites is 1. The van der Waals surface area contributed by atoms with E-state index in [1.165, 1.54) is 5.56 Å². The summed E-state index contributed by atoms with van der Waals surface area (Å²) in [5.74, 6) is -0.902. The van der Waals surface area contributed by atoms with Gasteiger partial charge in [-0.3, -0.25) is 9.59 Å². The van der Waals surface area contributed by atoms with E-state index >= 15 is 0 Å². The van der Waals surface area contributed by atoms with Gasteiger partial charge in [-0.15, -0.1) is 0 Å². The Labute approximate surface area is 229 Å². The number of ether oxygens (including phenoxy) is 1. The number of rotatable bonds is 9. The van der Waals surface area contributed by atoms with Crippen molar-refractivity contribution in [3.63, 3.8) is 0 Å². The van der Waals surface area contributed by atoms with Crippen LogP contribution in [0.15, 0.2) is 78.9 Å². The van der Waals surface area contributed by atoms with Crippen LogP contribution in [0.5, 0.6) is 0 Å². The zero-order valence-electron chi connectivity index (χ0n) is 22.2. The summed E-state index contributed by atoms with van der Waals surface area (Å²) < 4.78 is 5.28. The second kappa shape index (κ2) is 12.2.